The zero-order valence-electron chi connectivity index (χ0n) is 9.51. The Morgan fingerprint density at radius 3 is 2.94 bits per heavy atom. The molecule has 0 bridgehead atoms. The summed E-state index contributed by atoms with van der Waals surface area (Å²) in [4.78, 5) is 16.1. The highest BCUT2D eigenvalue weighted by Gasteiger charge is 2.06. The average Bonchev–Trinajstić information content (AvgIpc) is 2.74. The van der Waals surface area contributed by atoms with Gasteiger partial charge in [0, 0.05) is 25.0 Å². The van der Waals surface area contributed by atoms with Crippen molar-refractivity contribution in [1.29, 1.82) is 0 Å². The van der Waals surface area contributed by atoms with E-state index in [1.54, 1.807) is 12.4 Å². The molecule has 3 aromatic rings. The van der Waals surface area contributed by atoms with Crippen molar-refractivity contribution in [3.05, 3.63) is 53.7 Å². The minimum absolute atomic E-state index is 0.754. The summed E-state index contributed by atoms with van der Waals surface area (Å²) in [5.74, 6) is 0.926. The lowest BCUT2D eigenvalue weighted by molar-refractivity contribution is 1.02. The van der Waals surface area contributed by atoms with Gasteiger partial charge in [0.15, 0.2) is 5.65 Å². The highest BCUT2D eigenvalue weighted by Crippen LogP contribution is 2.14. The first-order chi connectivity index (χ1) is 8.33. The molecule has 0 amide bonds. The van der Waals surface area contributed by atoms with E-state index in [0.29, 0.717) is 0 Å². The van der Waals surface area contributed by atoms with Crippen LogP contribution in [0, 0.1) is 6.92 Å². The predicted octanol–water partition coefficient (Wildman–Crippen LogP) is 2.25. The van der Waals surface area contributed by atoms with E-state index < -0.39 is 0 Å². The fraction of sp³-hybridized carbons (Fsp3) is 0.154. The highest BCUT2D eigenvalue weighted by atomic mass is 15.0. The molecule has 4 heteroatoms. The lowest BCUT2D eigenvalue weighted by Gasteiger charge is -1.95. The highest BCUT2D eigenvalue weighted by molar-refractivity contribution is 5.74. The van der Waals surface area contributed by atoms with Gasteiger partial charge in [0.05, 0.1) is 5.52 Å². The molecule has 0 aliphatic rings. The van der Waals surface area contributed by atoms with Gasteiger partial charge in [-0.3, -0.25) is 4.98 Å². The van der Waals surface area contributed by atoms with Gasteiger partial charge >= 0.3 is 0 Å². The Balaban J connectivity index is 1.99. The molecule has 0 fully saturated rings. The number of fused-ring (bicyclic) bond motifs is 1. The van der Waals surface area contributed by atoms with Crippen LogP contribution in [0.1, 0.15) is 17.0 Å². The zero-order chi connectivity index (χ0) is 11.7. The number of H-pyrrole nitrogens is 1. The van der Waals surface area contributed by atoms with Crippen LogP contribution in [0.25, 0.3) is 11.2 Å². The number of hydrogen-bond acceptors (Lipinski definition) is 3. The molecule has 0 saturated carbocycles. The normalized spacial score (nSPS) is 10.9. The van der Waals surface area contributed by atoms with Gasteiger partial charge in [-0.2, -0.15) is 0 Å². The summed E-state index contributed by atoms with van der Waals surface area (Å²) in [6.07, 6.45) is 6.16. The van der Waals surface area contributed by atoms with Crippen LogP contribution in [0.3, 0.4) is 0 Å². The monoisotopic (exact) mass is 224 g/mol. The maximum atomic E-state index is 4.47. The molecule has 84 valence electrons. The molecular weight excluding hydrogens is 212 g/mol. The van der Waals surface area contributed by atoms with Gasteiger partial charge in [-0.25, -0.2) is 9.97 Å². The molecule has 0 aromatic carbocycles. The first-order valence-corrected chi connectivity index (χ1v) is 5.52. The molecule has 0 radical (unpaired) electrons. The summed E-state index contributed by atoms with van der Waals surface area (Å²) < 4.78 is 0. The lowest BCUT2D eigenvalue weighted by Crippen LogP contribution is -1.90. The molecule has 3 heterocycles. The van der Waals surface area contributed by atoms with E-state index in [-0.39, 0.29) is 0 Å². The summed E-state index contributed by atoms with van der Waals surface area (Å²) in [6, 6.07) is 5.95. The fourth-order valence-corrected chi connectivity index (χ4v) is 1.86. The topological polar surface area (TPSA) is 54.5 Å². The molecule has 17 heavy (non-hydrogen) atoms. The predicted molar refractivity (Wildman–Crippen MR) is 65.7 cm³/mol. The maximum Gasteiger partial charge on any atom is 0.177 e. The first kappa shape index (κ1) is 9.96. The molecule has 0 spiro atoms. The molecule has 0 saturated heterocycles. The number of imidazole rings is 1. The molecule has 1 N–H and O–H groups in total. The SMILES string of the molecule is Cc1ccnc2nc(Cc3cccnc3)[nH]c12. The molecule has 3 rings (SSSR count). The van der Waals surface area contributed by atoms with Gasteiger partial charge in [-0.15, -0.1) is 0 Å². The van der Waals surface area contributed by atoms with E-state index in [0.717, 1.165) is 29.0 Å². The van der Waals surface area contributed by atoms with Crippen molar-refractivity contribution in [3.8, 4) is 0 Å². The van der Waals surface area contributed by atoms with E-state index in [2.05, 4.69) is 26.9 Å². The molecule has 4 nitrogen and oxygen atoms in total. The summed E-state index contributed by atoms with van der Waals surface area (Å²) in [5.41, 5.74) is 4.11. The molecule has 0 aliphatic heterocycles. The number of nitrogens with zero attached hydrogens (tertiary/aromatic N) is 3. The second-order valence-corrected chi connectivity index (χ2v) is 4.05. The van der Waals surface area contributed by atoms with Crippen molar-refractivity contribution < 1.29 is 0 Å². The quantitative estimate of drug-likeness (QED) is 0.726. The largest absolute Gasteiger partial charge is 0.340 e. The minimum Gasteiger partial charge on any atom is -0.340 e. The molecule has 0 aliphatic carbocycles. The second-order valence-electron chi connectivity index (χ2n) is 4.05. The van der Waals surface area contributed by atoms with E-state index in [4.69, 9.17) is 0 Å². The van der Waals surface area contributed by atoms with Gasteiger partial charge in [0.25, 0.3) is 0 Å². The summed E-state index contributed by atoms with van der Waals surface area (Å²) in [5, 5.41) is 0. The number of hydrogen-bond donors (Lipinski definition) is 1. The van der Waals surface area contributed by atoms with Crippen molar-refractivity contribution in [2.75, 3.05) is 0 Å². The van der Waals surface area contributed by atoms with Crippen LogP contribution in [0.4, 0.5) is 0 Å². The Morgan fingerprint density at radius 1 is 1.24 bits per heavy atom. The molecule has 3 aromatic heterocycles. The third-order valence-corrected chi connectivity index (χ3v) is 2.74. The number of aromatic nitrogens is 4. The van der Waals surface area contributed by atoms with Crippen LogP contribution >= 0.6 is 0 Å². The third kappa shape index (κ3) is 1.89. The van der Waals surface area contributed by atoms with Crippen LogP contribution in [0.2, 0.25) is 0 Å². The second kappa shape index (κ2) is 3.97. The first-order valence-electron chi connectivity index (χ1n) is 5.52. The van der Waals surface area contributed by atoms with Crippen molar-refractivity contribution in [2.24, 2.45) is 0 Å². The van der Waals surface area contributed by atoms with Crippen LogP contribution in [-0.4, -0.2) is 19.9 Å². The molecule has 0 atom stereocenters. The Hall–Kier alpha value is -2.23. The van der Waals surface area contributed by atoms with Crippen LogP contribution in [0.5, 0.6) is 0 Å². The Kier molecular flexibility index (Phi) is 2.33. The lowest BCUT2D eigenvalue weighted by atomic mass is 10.2. The van der Waals surface area contributed by atoms with E-state index >= 15 is 0 Å². The van der Waals surface area contributed by atoms with Gasteiger partial charge in [0.2, 0.25) is 0 Å². The number of aryl methyl sites for hydroxylation is 1. The van der Waals surface area contributed by atoms with Gasteiger partial charge < -0.3 is 4.98 Å². The van der Waals surface area contributed by atoms with Crippen LogP contribution < -0.4 is 0 Å². The number of aromatic amines is 1. The Bertz CT molecular complexity index is 643. The van der Waals surface area contributed by atoms with Gasteiger partial charge in [-0.05, 0) is 30.2 Å². The smallest absolute Gasteiger partial charge is 0.177 e. The summed E-state index contributed by atoms with van der Waals surface area (Å²) in [7, 11) is 0. The van der Waals surface area contributed by atoms with Crippen LogP contribution in [-0.2, 0) is 6.42 Å². The molecular formula is C13H12N4. The summed E-state index contributed by atoms with van der Waals surface area (Å²) >= 11 is 0. The third-order valence-electron chi connectivity index (χ3n) is 2.74. The number of pyridine rings is 2. The van der Waals surface area contributed by atoms with E-state index in [9.17, 15) is 0 Å². The zero-order valence-corrected chi connectivity index (χ0v) is 9.51. The Labute approximate surface area is 98.8 Å². The van der Waals surface area contributed by atoms with Gasteiger partial charge in [-0.1, -0.05) is 6.07 Å². The van der Waals surface area contributed by atoms with E-state index in [1.165, 1.54) is 5.56 Å². The average molecular weight is 224 g/mol. The summed E-state index contributed by atoms with van der Waals surface area (Å²) in [6.45, 7) is 2.05. The van der Waals surface area contributed by atoms with E-state index in [1.807, 2.05) is 24.4 Å². The van der Waals surface area contributed by atoms with Gasteiger partial charge in [0.1, 0.15) is 5.82 Å². The number of rotatable bonds is 2. The Morgan fingerprint density at radius 2 is 2.18 bits per heavy atom. The van der Waals surface area contributed by atoms with Crippen molar-refractivity contribution >= 4 is 11.2 Å². The maximum absolute atomic E-state index is 4.47. The minimum atomic E-state index is 0.754. The number of nitrogens with one attached hydrogen (secondary N) is 1. The molecule has 0 unspecified atom stereocenters. The van der Waals surface area contributed by atoms with Crippen molar-refractivity contribution in [3.63, 3.8) is 0 Å². The van der Waals surface area contributed by atoms with Crippen molar-refractivity contribution in [1.82, 2.24) is 19.9 Å². The fourth-order valence-electron chi connectivity index (χ4n) is 1.86. The van der Waals surface area contributed by atoms with Crippen LogP contribution in [0.15, 0.2) is 36.8 Å². The standard InChI is InChI=1S/C13H12N4/c1-9-4-6-15-13-12(9)16-11(17-13)7-10-3-2-5-14-8-10/h2-6,8H,7H2,1H3,(H,15,16,17). The van der Waals surface area contributed by atoms with Crippen molar-refractivity contribution in [2.45, 2.75) is 13.3 Å².